The van der Waals surface area contributed by atoms with Gasteiger partial charge in [0, 0.05) is 18.6 Å². The van der Waals surface area contributed by atoms with Crippen LogP contribution in [0.1, 0.15) is 53.4 Å². The molecule has 0 bridgehead atoms. The van der Waals surface area contributed by atoms with E-state index >= 15 is 0 Å². The minimum absolute atomic E-state index is 0.683. The van der Waals surface area contributed by atoms with Crippen molar-refractivity contribution in [3.63, 3.8) is 0 Å². The fourth-order valence-corrected chi connectivity index (χ4v) is 3.04. The van der Waals surface area contributed by atoms with Crippen molar-refractivity contribution in [3.8, 4) is 0 Å². The zero-order chi connectivity index (χ0) is 12.1. The Morgan fingerprint density at radius 1 is 1.19 bits per heavy atom. The first kappa shape index (κ1) is 14.0. The van der Waals surface area contributed by atoms with E-state index in [2.05, 4.69) is 32.6 Å². The van der Waals surface area contributed by atoms with E-state index in [0.717, 1.165) is 24.5 Å². The van der Waals surface area contributed by atoms with Crippen LogP contribution in [-0.4, -0.2) is 30.1 Å². The van der Waals surface area contributed by atoms with Gasteiger partial charge in [0.15, 0.2) is 0 Å². The van der Waals surface area contributed by atoms with Crippen molar-refractivity contribution in [2.45, 2.75) is 65.5 Å². The number of piperidine rings is 1. The highest BCUT2D eigenvalue weighted by Crippen LogP contribution is 2.24. The number of hydrogen-bond acceptors (Lipinski definition) is 2. The molecule has 1 saturated heterocycles. The minimum Gasteiger partial charge on any atom is -0.330 e. The Hall–Kier alpha value is -0.0800. The van der Waals surface area contributed by atoms with Gasteiger partial charge in [-0.2, -0.15) is 0 Å². The Balaban J connectivity index is 2.48. The number of rotatable bonds is 5. The third kappa shape index (κ3) is 4.06. The summed E-state index contributed by atoms with van der Waals surface area (Å²) < 4.78 is 0. The average Bonchev–Trinajstić information content (AvgIpc) is 2.21. The van der Waals surface area contributed by atoms with E-state index in [9.17, 15) is 0 Å². The first-order valence-electron chi connectivity index (χ1n) is 7.00. The molecular weight excluding hydrogens is 196 g/mol. The smallest absolute Gasteiger partial charge is 0.00698 e. The molecule has 16 heavy (non-hydrogen) atoms. The molecule has 0 radical (unpaired) electrons. The molecule has 0 aromatic carbocycles. The van der Waals surface area contributed by atoms with Crippen LogP contribution >= 0.6 is 0 Å². The summed E-state index contributed by atoms with van der Waals surface area (Å²) in [5, 5.41) is 0. The lowest BCUT2D eigenvalue weighted by atomic mass is 9.92. The predicted octanol–water partition coefficient (Wildman–Crippen LogP) is 2.87. The molecule has 3 atom stereocenters. The second kappa shape index (κ2) is 6.61. The number of likely N-dealkylation sites (tertiary alicyclic amines) is 1. The van der Waals surface area contributed by atoms with Crippen molar-refractivity contribution in [3.05, 3.63) is 0 Å². The van der Waals surface area contributed by atoms with Crippen LogP contribution in [0.2, 0.25) is 0 Å². The summed E-state index contributed by atoms with van der Waals surface area (Å²) in [5.74, 6) is 1.45. The first-order chi connectivity index (χ1) is 7.54. The Bertz CT molecular complexity index is 181. The van der Waals surface area contributed by atoms with Gasteiger partial charge in [-0.05, 0) is 51.5 Å². The van der Waals surface area contributed by atoms with E-state index in [4.69, 9.17) is 5.73 Å². The molecule has 0 amide bonds. The standard InChI is InChI=1S/C14H30N2/c1-11(2)8-14(9-15)10-16-12(3)6-5-7-13(16)4/h11-14H,5-10,15H2,1-4H3/t12-,13+,14?. The zero-order valence-electron chi connectivity index (χ0n) is 11.6. The molecule has 1 heterocycles. The van der Waals surface area contributed by atoms with Crippen molar-refractivity contribution >= 4 is 0 Å². The van der Waals surface area contributed by atoms with Gasteiger partial charge in [0.05, 0.1) is 0 Å². The average molecular weight is 226 g/mol. The quantitative estimate of drug-likeness (QED) is 0.781. The Kier molecular flexibility index (Phi) is 5.77. The Labute approximate surface area is 102 Å². The SMILES string of the molecule is CC(C)CC(CN)CN1[C@H](C)CCC[C@@H]1C. The molecule has 0 aromatic rings. The number of nitrogens with two attached hydrogens (primary N) is 1. The summed E-state index contributed by atoms with van der Waals surface area (Å²) in [6, 6.07) is 1.51. The van der Waals surface area contributed by atoms with Gasteiger partial charge in [-0.3, -0.25) is 4.90 Å². The lowest BCUT2D eigenvalue weighted by Gasteiger charge is -2.41. The highest BCUT2D eigenvalue weighted by atomic mass is 15.2. The van der Waals surface area contributed by atoms with Crippen molar-refractivity contribution in [2.75, 3.05) is 13.1 Å². The lowest BCUT2D eigenvalue weighted by Crippen LogP contribution is -2.47. The molecule has 2 heteroatoms. The van der Waals surface area contributed by atoms with E-state index in [0.29, 0.717) is 5.92 Å². The Morgan fingerprint density at radius 3 is 2.19 bits per heavy atom. The van der Waals surface area contributed by atoms with Crippen LogP contribution in [0, 0.1) is 11.8 Å². The van der Waals surface area contributed by atoms with Crippen LogP contribution in [0.25, 0.3) is 0 Å². The van der Waals surface area contributed by atoms with E-state index in [1.807, 2.05) is 0 Å². The molecule has 1 aliphatic rings. The van der Waals surface area contributed by atoms with Gasteiger partial charge >= 0.3 is 0 Å². The third-order valence-electron chi connectivity index (χ3n) is 3.98. The van der Waals surface area contributed by atoms with Gasteiger partial charge in [0.25, 0.3) is 0 Å². The van der Waals surface area contributed by atoms with E-state index in [-0.39, 0.29) is 0 Å². The largest absolute Gasteiger partial charge is 0.330 e. The van der Waals surface area contributed by atoms with Crippen LogP contribution in [0.15, 0.2) is 0 Å². The third-order valence-corrected chi connectivity index (χ3v) is 3.98. The fraction of sp³-hybridized carbons (Fsp3) is 1.00. The molecule has 1 rings (SSSR count). The van der Waals surface area contributed by atoms with Crippen molar-refractivity contribution in [2.24, 2.45) is 17.6 Å². The molecular formula is C14H30N2. The number of hydrogen-bond donors (Lipinski definition) is 1. The predicted molar refractivity (Wildman–Crippen MR) is 71.5 cm³/mol. The minimum atomic E-state index is 0.683. The molecule has 0 saturated carbocycles. The van der Waals surface area contributed by atoms with Gasteiger partial charge in [0.1, 0.15) is 0 Å². The van der Waals surface area contributed by atoms with Crippen LogP contribution in [-0.2, 0) is 0 Å². The molecule has 1 unspecified atom stereocenters. The number of nitrogens with zero attached hydrogens (tertiary/aromatic N) is 1. The van der Waals surface area contributed by atoms with Crippen LogP contribution in [0.4, 0.5) is 0 Å². The van der Waals surface area contributed by atoms with Crippen molar-refractivity contribution < 1.29 is 0 Å². The van der Waals surface area contributed by atoms with E-state index in [1.165, 1.54) is 32.2 Å². The molecule has 96 valence electrons. The van der Waals surface area contributed by atoms with Crippen molar-refractivity contribution in [1.82, 2.24) is 4.90 Å². The van der Waals surface area contributed by atoms with Crippen LogP contribution in [0.5, 0.6) is 0 Å². The van der Waals surface area contributed by atoms with Gasteiger partial charge in [-0.25, -0.2) is 0 Å². The topological polar surface area (TPSA) is 29.3 Å². The van der Waals surface area contributed by atoms with Gasteiger partial charge < -0.3 is 5.73 Å². The maximum atomic E-state index is 5.90. The van der Waals surface area contributed by atoms with Gasteiger partial charge in [0.2, 0.25) is 0 Å². The Morgan fingerprint density at radius 2 is 1.75 bits per heavy atom. The van der Waals surface area contributed by atoms with E-state index < -0.39 is 0 Å². The molecule has 1 aliphatic heterocycles. The van der Waals surface area contributed by atoms with Crippen LogP contribution < -0.4 is 5.73 Å². The second-order valence-electron chi connectivity index (χ2n) is 6.06. The van der Waals surface area contributed by atoms with Crippen LogP contribution in [0.3, 0.4) is 0 Å². The highest BCUT2D eigenvalue weighted by molar-refractivity contribution is 4.81. The maximum absolute atomic E-state index is 5.90. The normalized spacial score (nSPS) is 29.6. The second-order valence-corrected chi connectivity index (χ2v) is 6.06. The van der Waals surface area contributed by atoms with Crippen molar-refractivity contribution in [1.29, 1.82) is 0 Å². The molecule has 1 fully saturated rings. The first-order valence-corrected chi connectivity index (χ1v) is 7.00. The van der Waals surface area contributed by atoms with Gasteiger partial charge in [-0.15, -0.1) is 0 Å². The monoisotopic (exact) mass is 226 g/mol. The summed E-state index contributed by atoms with van der Waals surface area (Å²) in [6.07, 6.45) is 5.40. The van der Waals surface area contributed by atoms with Gasteiger partial charge in [-0.1, -0.05) is 20.3 Å². The molecule has 0 spiro atoms. The lowest BCUT2D eigenvalue weighted by molar-refractivity contribution is 0.0809. The fourth-order valence-electron chi connectivity index (χ4n) is 3.04. The van der Waals surface area contributed by atoms with E-state index in [1.54, 1.807) is 0 Å². The zero-order valence-corrected chi connectivity index (χ0v) is 11.6. The molecule has 2 N–H and O–H groups in total. The summed E-state index contributed by atoms with van der Waals surface area (Å²) >= 11 is 0. The molecule has 0 aromatic heterocycles. The summed E-state index contributed by atoms with van der Waals surface area (Å²) in [6.45, 7) is 11.4. The summed E-state index contributed by atoms with van der Waals surface area (Å²) in [5.41, 5.74) is 5.90. The summed E-state index contributed by atoms with van der Waals surface area (Å²) in [7, 11) is 0. The summed E-state index contributed by atoms with van der Waals surface area (Å²) in [4.78, 5) is 2.68. The highest BCUT2D eigenvalue weighted by Gasteiger charge is 2.26. The molecule has 0 aliphatic carbocycles. The maximum Gasteiger partial charge on any atom is 0.00698 e. The molecule has 2 nitrogen and oxygen atoms in total.